The quantitative estimate of drug-likeness (QED) is 0.406. The molecule has 2 aromatic heterocycles. The van der Waals surface area contributed by atoms with Gasteiger partial charge in [0.15, 0.2) is 22.0 Å². The molecule has 2 bridgehead atoms. The molecule has 0 saturated carbocycles. The zero-order chi connectivity index (χ0) is 10.4. The molecule has 0 amide bonds. The number of anilines is 1. The molecule has 3 aliphatic rings. The average Bonchev–Trinajstić information content (AvgIpc) is 2.79. The first-order chi connectivity index (χ1) is 7.17. The summed E-state index contributed by atoms with van der Waals surface area (Å²) in [6.07, 6.45) is 1.86. The highest BCUT2D eigenvalue weighted by Crippen LogP contribution is 2.70. The van der Waals surface area contributed by atoms with E-state index in [1.165, 1.54) is 11.8 Å². The Morgan fingerprint density at radius 3 is 2.67 bits per heavy atom. The number of thioether (sulfide) groups is 1. The van der Waals surface area contributed by atoms with E-state index in [0.29, 0.717) is 22.0 Å². The fourth-order valence-corrected chi connectivity index (χ4v) is 4.85. The van der Waals surface area contributed by atoms with Crippen molar-refractivity contribution in [2.45, 2.75) is 5.09 Å². The summed E-state index contributed by atoms with van der Waals surface area (Å²) in [5.74, 6) is 0.591. The second kappa shape index (κ2) is 2.03. The van der Waals surface area contributed by atoms with Crippen LogP contribution >= 0.6 is 18.9 Å². The Hall–Kier alpha value is -1.13. The largest absolute Gasteiger partial charge is 0.449 e. The van der Waals surface area contributed by atoms with E-state index in [-0.39, 0.29) is 6.01 Å². The number of fused-ring (bicyclic) bond motifs is 1. The summed E-state index contributed by atoms with van der Waals surface area (Å²) in [5.41, 5.74) is 6.72. The summed E-state index contributed by atoms with van der Waals surface area (Å²) >= 11 is 1.40. The molecular weight excluding hydrogens is 235 g/mol. The third-order valence-corrected chi connectivity index (χ3v) is 5.87. The number of furan rings is 1. The zero-order valence-electron chi connectivity index (χ0n) is 7.60. The molecule has 0 radical (unpaired) electrons. The summed E-state index contributed by atoms with van der Waals surface area (Å²) in [6.45, 7) is 0. The molecular formula is C8H5N2O3PS. The molecule has 0 aromatic carbocycles. The van der Waals surface area contributed by atoms with Crippen molar-refractivity contribution in [2.75, 3.05) is 12.0 Å². The number of aromatic nitrogens is 1. The van der Waals surface area contributed by atoms with Crippen molar-refractivity contribution in [3.05, 3.63) is 0 Å². The fourth-order valence-electron chi connectivity index (χ4n) is 1.86. The summed E-state index contributed by atoms with van der Waals surface area (Å²) in [5, 5.41) is 2.38. The minimum absolute atomic E-state index is 0.110. The Morgan fingerprint density at radius 2 is 2.13 bits per heavy atom. The van der Waals surface area contributed by atoms with Gasteiger partial charge in [0, 0.05) is 0 Å². The van der Waals surface area contributed by atoms with Crippen molar-refractivity contribution >= 4 is 41.0 Å². The van der Waals surface area contributed by atoms with Crippen molar-refractivity contribution in [1.82, 2.24) is 4.98 Å². The normalized spacial score (nSPS) is 24.1. The minimum Gasteiger partial charge on any atom is -0.449 e. The first-order valence-electron chi connectivity index (χ1n) is 4.27. The lowest BCUT2D eigenvalue weighted by atomic mass is 10.4. The van der Waals surface area contributed by atoms with Gasteiger partial charge in [-0.2, -0.15) is 4.98 Å². The van der Waals surface area contributed by atoms with Crippen LogP contribution < -0.4 is 21.8 Å². The molecule has 7 heteroatoms. The molecule has 5 heterocycles. The molecule has 1 unspecified atom stereocenters. The Balaban J connectivity index is 1.95. The van der Waals surface area contributed by atoms with Crippen molar-refractivity contribution < 1.29 is 13.4 Å². The number of oxazole rings is 1. The SMILES string of the molecule is CSc1oc(N)nc1-c1oc2c3c1P23=O. The Kier molecular flexibility index (Phi) is 1.09. The second-order valence-electron chi connectivity index (χ2n) is 3.44. The Bertz CT molecular complexity index is 663. The summed E-state index contributed by atoms with van der Waals surface area (Å²) in [7, 11) is -2.18. The van der Waals surface area contributed by atoms with Crippen LogP contribution in [0.2, 0.25) is 0 Å². The number of nitrogens with two attached hydrogens (primary N) is 1. The molecule has 2 aromatic rings. The van der Waals surface area contributed by atoms with E-state index < -0.39 is 7.14 Å². The monoisotopic (exact) mass is 240 g/mol. The molecule has 76 valence electrons. The van der Waals surface area contributed by atoms with Gasteiger partial charge in [0.05, 0.1) is 10.6 Å². The zero-order valence-corrected chi connectivity index (χ0v) is 9.32. The van der Waals surface area contributed by atoms with Gasteiger partial charge in [0.2, 0.25) is 7.14 Å². The highest BCUT2D eigenvalue weighted by molar-refractivity contribution is 8.06. The molecule has 2 N–H and O–H groups in total. The first kappa shape index (κ1) is 8.07. The number of nitrogen functional groups attached to an aromatic ring is 1. The van der Waals surface area contributed by atoms with E-state index >= 15 is 0 Å². The fraction of sp³-hybridized carbons (Fsp3) is 0.125. The maximum atomic E-state index is 11.8. The lowest BCUT2D eigenvalue weighted by Crippen LogP contribution is -1.96. The molecule has 0 spiro atoms. The number of hydrogen-bond acceptors (Lipinski definition) is 6. The highest BCUT2D eigenvalue weighted by atomic mass is 32.2. The Morgan fingerprint density at radius 1 is 1.40 bits per heavy atom. The van der Waals surface area contributed by atoms with Gasteiger partial charge >= 0.3 is 0 Å². The standard InChI is InChI=1S/C8H5N2O3PS/c1-15-7-2(10-8(9)13-7)3-4-5-6(12-3)14(4,5)11/h1H3,(H2,9,10). The smallest absolute Gasteiger partial charge is 0.293 e. The van der Waals surface area contributed by atoms with Crippen LogP contribution in [0.1, 0.15) is 0 Å². The maximum absolute atomic E-state index is 11.8. The third kappa shape index (κ3) is 0.692. The van der Waals surface area contributed by atoms with Gasteiger partial charge in [0.25, 0.3) is 6.01 Å². The van der Waals surface area contributed by atoms with Crippen LogP contribution in [0.4, 0.5) is 6.01 Å². The van der Waals surface area contributed by atoms with Gasteiger partial charge < -0.3 is 19.1 Å². The van der Waals surface area contributed by atoms with Crippen LogP contribution in [0.25, 0.3) is 11.5 Å². The molecule has 15 heavy (non-hydrogen) atoms. The van der Waals surface area contributed by atoms with Gasteiger partial charge in [-0.05, 0) is 6.26 Å². The van der Waals surface area contributed by atoms with Crippen molar-refractivity contribution in [3.63, 3.8) is 0 Å². The maximum Gasteiger partial charge on any atom is 0.293 e. The van der Waals surface area contributed by atoms with Crippen LogP contribution in [-0.2, 0) is 4.57 Å². The molecule has 5 rings (SSSR count). The van der Waals surface area contributed by atoms with E-state index in [9.17, 15) is 4.57 Å². The first-order valence-corrected chi connectivity index (χ1v) is 7.20. The Labute approximate surface area is 88.4 Å². The number of nitrogens with zero attached hydrogens (tertiary/aromatic N) is 1. The molecule has 3 aliphatic heterocycles. The van der Waals surface area contributed by atoms with Gasteiger partial charge in [-0.3, -0.25) is 0 Å². The lowest BCUT2D eigenvalue weighted by molar-refractivity contribution is 0.489. The van der Waals surface area contributed by atoms with Crippen LogP contribution in [0.15, 0.2) is 13.9 Å². The molecule has 0 aliphatic carbocycles. The van der Waals surface area contributed by atoms with Crippen molar-refractivity contribution in [2.24, 2.45) is 0 Å². The summed E-state index contributed by atoms with van der Waals surface area (Å²) in [4.78, 5) is 4.04. The van der Waals surface area contributed by atoms with Gasteiger partial charge in [-0.1, -0.05) is 11.8 Å². The van der Waals surface area contributed by atoms with E-state index in [4.69, 9.17) is 14.6 Å². The van der Waals surface area contributed by atoms with Gasteiger partial charge in [-0.25, -0.2) is 0 Å². The summed E-state index contributed by atoms with van der Waals surface area (Å²) in [6, 6.07) is 0.110. The lowest BCUT2D eigenvalue weighted by Gasteiger charge is -1.90. The predicted molar refractivity (Wildman–Crippen MR) is 56.9 cm³/mol. The number of hydrogen-bond donors (Lipinski definition) is 1. The molecule has 1 atom stereocenters. The molecule has 5 nitrogen and oxygen atoms in total. The second-order valence-corrected chi connectivity index (χ2v) is 6.73. The van der Waals surface area contributed by atoms with E-state index in [1.54, 1.807) is 0 Å². The minimum atomic E-state index is -2.18. The van der Waals surface area contributed by atoms with Crippen LogP contribution in [-0.4, -0.2) is 11.2 Å². The van der Waals surface area contributed by atoms with Crippen LogP contribution in [0.3, 0.4) is 0 Å². The van der Waals surface area contributed by atoms with Gasteiger partial charge in [-0.15, -0.1) is 0 Å². The number of rotatable bonds is 2. The predicted octanol–water partition coefficient (Wildman–Crippen LogP) is 0.505. The van der Waals surface area contributed by atoms with Crippen LogP contribution in [0.5, 0.6) is 0 Å². The highest BCUT2D eigenvalue weighted by Gasteiger charge is 2.75. The van der Waals surface area contributed by atoms with Crippen LogP contribution in [0, 0.1) is 0 Å². The molecule has 0 fully saturated rings. The van der Waals surface area contributed by atoms with Crippen molar-refractivity contribution in [3.8, 4) is 11.5 Å². The topological polar surface area (TPSA) is 82.3 Å². The van der Waals surface area contributed by atoms with E-state index in [1.807, 2.05) is 6.26 Å². The van der Waals surface area contributed by atoms with E-state index in [0.717, 1.165) is 10.6 Å². The van der Waals surface area contributed by atoms with Gasteiger partial charge in [0.1, 0.15) is 0 Å². The third-order valence-electron chi connectivity index (χ3n) is 2.67. The summed E-state index contributed by atoms with van der Waals surface area (Å²) < 4.78 is 22.4. The average molecular weight is 240 g/mol. The van der Waals surface area contributed by atoms with E-state index in [2.05, 4.69) is 4.98 Å². The molecule has 0 saturated heterocycles. The van der Waals surface area contributed by atoms with Crippen molar-refractivity contribution in [1.29, 1.82) is 0 Å².